The molecule has 0 saturated heterocycles. The van der Waals surface area contributed by atoms with Crippen LogP contribution in [0, 0.1) is 0 Å². The molecule has 5 nitrogen and oxygen atoms in total. The van der Waals surface area contributed by atoms with E-state index in [1.807, 2.05) is 0 Å². The van der Waals surface area contributed by atoms with Crippen LogP contribution in [0.1, 0.15) is 15.9 Å². The summed E-state index contributed by atoms with van der Waals surface area (Å²) in [5.74, 6) is 0.752. The molecule has 2 aromatic rings. The van der Waals surface area contributed by atoms with Crippen molar-refractivity contribution in [2.24, 2.45) is 0 Å². The highest BCUT2D eigenvalue weighted by Crippen LogP contribution is 2.25. The highest BCUT2D eigenvalue weighted by molar-refractivity contribution is 6.31. The minimum absolute atomic E-state index is 0.250. The second-order valence-corrected chi connectivity index (χ2v) is 4.48. The molecular weight excluding hydrogens is 278 g/mol. The zero-order chi connectivity index (χ0) is 14.5. The van der Waals surface area contributed by atoms with Crippen LogP contribution in [0.15, 0.2) is 36.5 Å². The second kappa shape index (κ2) is 6.25. The first-order chi connectivity index (χ1) is 9.61. The number of carbonyl (C=O) groups is 1. The van der Waals surface area contributed by atoms with E-state index < -0.39 is 0 Å². The Hall–Kier alpha value is -2.27. The first-order valence-corrected chi connectivity index (χ1v) is 6.30. The zero-order valence-corrected chi connectivity index (χ0v) is 11.6. The quantitative estimate of drug-likeness (QED) is 0.906. The van der Waals surface area contributed by atoms with Gasteiger partial charge in [0.1, 0.15) is 11.6 Å². The second-order valence-electron chi connectivity index (χ2n) is 4.08. The fraction of sp³-hybridized carbons (Fsp3) is 0.143. The van der Waals surface area contributed by atoms with Gasteiger partial charge in [-0.3, -0.25) is 4.79 Å². The summed E-state index contributed by atoms with van der Waals surface area (Å²) in [6, 6.07) is 8.51. The lowest BCUT2D eigenvalue weighted by molar-refractivity contribution is 0.0950. The summed E-state index contributed by atoms with van der Waals surface area (Å²) in [7, 11) is 1.56. The van der Waals surface area contributed by atoms with Gasteiger partial charge in [-0.05, 0) is 24.3 Å². The first-order valence-electron chi connectivity index (χ1n) is 5.93. The fourth-order valence-electron chi connectivity index (χ4n) is 1.71. The van der Waals surface area contributed by atoms with Crippen molar-refractivity contribution in [2.45, 2.75) is 6.54 Å². The van der Waals surface area contributed by atoms with E-state index in [-0.39, 0.29) is 12.5 Å². The smallest absolute Gasteiger partial charge is 0.253 e. The van der Waals surface area contributed by atoms with Crippen LogP contribution in [-0.4, -0.2) is 18.0 Å². The van der Waals surface area contributed by atoms with Gasteiger partial charge in [0, 0.05) is 23.3 Å². The number of nitrogens with one attached hydrogen (secondary N) is 1. The molecule has 1 heterocycles. The van der Waals surface area contributed by atoms with E-state index >= 15 is 0 Å². The predicted octanol–water partition coefficient (Wildman–Crippen LogP) is 2.26. The Morgan fingerprint density at radius 3 is 2.85 bits per heavy atom. The Labute approximate surface area is 121 Å². The van der Waals surface area contributed by atoms with Gasteiger partial charge >= 0.3 is 0 Å². The number of methoxy groups -OCH3 is 1. The lowest BCUT2D eigenvalue weighted by Gasteiger charge is -2.11. The van der Waals surface area contributed by atoms with Crippen LogP contribution in [0.25, 0.3) is 0 Å². The largest absolute Gasteiger partial charge is 0.496 e. The van der Waals surface area contributed by atoms with E-state index in [0.717, 1.165) is 5.56 Å². The Bertz CT molecular complexity index is 614. The molecule has 1 aromatic heterocycles. The molecule has 0 fully saturated rings. The van der Waals surface area contributed by atoms with Crippen molar-refractivity contribution in [1.82, 2.24) is 10.3 Å². The minimum Gasteiger partial charge on any atom is -0.496 e. The number of nitrogens with two attached hydrogens (primary N) is 1. The molecule has 0 unspecified atom stereocenters. The molecule has 1 amide bonds. The number of pyridine rings is 1. The van der Waals surface area contributed by atoms with Gasteiger partial charge < -0.3 is 15.8 Å². The molecule has 0 saturated carbocycles. The minimum atomic E-state index is -0.250. The third-order valence-corrected chi connectivity index (χ3v) is 3.12. The topological polar surface area (TPSA) is 77.2 Å². The third kappa shape index (κ3) is 3.19. The third-order valence-electron chi connectivity index (χ3n) is 2.77. The number of hydrogen-bond donors (Lipinski definition) is 2. The van der Waals surface area contributed by atoms with Crippen LogP contribution in [0.3, 0.4) is 0 Å². The summed E-state index contributed by atoms with van der Waals surface area (Å²) >= 11 is 6.10. The Morgan fingerprint density at radius 2 is 2.20 bits per heavy atom. The number of anilines is 1. The molecule has 0 bridgehead atoms. The number of nitrogens with zero attached hydrogens (tertiary/aromatic N) is 1. The van der Waals surface area contributed by atoms with Crippen molar-refractivity contribution in [3.8, 4) is 5.75 Å². The van der Waals surface area contributed by atoms with E-state index in [9.17, 15) is 4.79 Å². The maximum atomic E-state index is 12.0. The van der Waals surface area contributed by atoms with Gasteiger partial charge in [0.25, 0.3) is 5.91 Å². The Kier molecular flexibility index (Phi) is 4.42. The van der Waals surface area contributed by atoms with E-state index in [1.165, 1.54) is 6.20 Å². The molecule has 0 aliphatic carbocycles. The van der Waals surface area contributed by atoms with Crippen molar-refractivity contribution < 1.29 is 9.53 Å². The summed E-state index contributed by atoms with van der Waals surface area (Å²) in [5, 5.41) is 3.31. The van der Waals surface area contributed by atoms with Gasteiger partial charge in [0.15, 0.2) is 0 Å². The van der Waals surface area contributed by atoms with Gasteiger partial charge in [-0.2, -0.15) is 0 Å². The Balaban J connectivity index is 2.09. The number of carbonyl (C=O) groups excluding carboxylic acids is 1. The molecule has 0 aliphatic rings. The van der Waals surface area contributed by atoms with Crippen LogP contribution in [0.5, 0.6) is 5.75 Å². The molecule has 0 radical (unpaired) electrons. The number of halogens is 1. The average Bonchev–Trinajstić information content (AvgIpc) is 2.46. The van der Waals surface area contributed by atoms with E-state index in [4.69, 9.17) is 22.1 Å². The molecule has 0 aliphatic heterocycles. The van der Waals surface area contributed by atoms with Gasteiger partial charge in [0.05, 0.1) is 12.7 Å². The maximum absolute atomic E-state index is 12.0. The first kappa shape index (κ1) is 14.1. The highest BCUT2D eigenvalue weighted by atomic mass is 35.5. The normalized spacial score (nSPS) is 10.1. The number of hydrogen-bond acceptors (Lipinski definition) is 4. The molecule has 2 rings (SSSR count). The molecule has 1 aromatic carbocycles. The van der Waals surface area contributed by atoms with E-state index in [1.54, 1.807) is 37.4 Å². The SMILES string of the molecule is COc1cccc(Cl)c1CNC(=O)c1ccc(N)nc1. The van der Waals surface area contributed by atoms with E-state index in [2.05, 4.69) is 10.3 Å². The summed E-state index contributed by atoms with van der Waals surface area (Å²) < 4.78 is 5.22. The number of aromatic nitrogens is 1. The molecule has 20 heavy (non-hydrogen) atoms. The number of amides is 1. The summed E-state index contributed by atoms with van der Waals surface area (Å²) in [6.07, 6.45) is 1.43. The average molecular weight is 292 g/mol. The molecule has 0 spiro atoms. The number of nitrogen functional groups attached to an aromatic ring is 1. The predicted molar refractivity (Wildman–Crippen MR) is 77.8 cm³/mol. The number of rotatable bonds is 4. The molecule has 0 atom stereocenters. The fourth-order valence-corrected chi connectivity index (χ4v) is 1.94. The lowest BCUT2D eigenvalue weighted by Crippen LogP contribution is -2.23. The molecule has 3 N–H and O–H groups in total. The van der Waals surface area contributed by atoms with Crippen molar-refractivity contribution >= 4 is 23.3 Å². The van der Waals surface area contributed by atoms with Crippen LogP contribution in [0.4, 0.5) is 5.82 Å². The van der Waals surface area contributed by atoms with E-state index in [0.29, 0.717) is 22.2 Å². The van der Waals surface area contributed by atoms with Crippen LogP contribution >= 0.6 is 11.6 Å². The van der Waals surface area contributed by atoms with Gasteiger partial charge in [-0.1, -0.05) is 17.7 Å². The lowest BCUT2D eigenvalue weighted by atomic mass is 10.2. The summed E-state index contributed by atoms with van der Waals surface area (Å²) in [4.78, 5) is 15.8. The van der Waals surface area contributed by atoms with Gasteiger partial charge in [0.2, 0.25) is 0 Å². The van der Waals surface area contributed by atoms with Crippen molar-refractivity contribution in [2.75, 3.05) is 12.8 Å². The van der Waals surface area contributed by atoms with Crippen molar-refractivity contribution in [3.63, 3.8) is 0 Å². The summed E-state index contributed by atoms with van der Waals surface area (Å²) in [6.45, 7) is 0.270. The zero-order valence-electron chi connectivity index (χ0n) is 10.9. The number of benzene rings is 1. The van der Waals surface area contributed by atoms with Crippen LogP contribution in [0.2, 0.25) is 5.02 Å². The monoisotopic (exact) mass is 291 g/mol. The van der Waals surface area contributed by atoms with Crippen molar-refractivity contribution in [3.05, 3.63) is 52.7 Å². The van der Waals surface area contributed by atoms with Crippen LogP contribution < -0.4 is 15.8 Å². The molecular formula is C14H14ClN3O2. The van der Waals surface area contributed by atoms with Gasteiger partial charge in [-0.15, -0.1) is 0 Å². The highest BCUT2D eigenvalue weighted by Gasteiger charge is 2.10. The number of ether oxygens (including phenoxy) is 1. The van der Waals surface area contributed by atoms with Gasteiger partial charge in [-0.25, -0.2) is 4.98 Å². The van der Waals surface area contributed by atoms with Crippen molar-refractivity contribution in [1.29, 1.82) is 0 Å². The molecule has 6 heteroatoms. The standard InChI is InChI=1S/C14H14ClN3O2/c1-20-12-4-2-3-11(15)10(12)8-18-14(19)9-5-6-13(16)17-7-9/h2-7H,8H2,1H3,(H2,16,17)(H,18,19). The van der Waals surface area contributed by atoms with Crippen LogP contribution in [-0.2, 0) is 6.54 Å². The Morgan fingerprint density at radius 1 is 1.40 bits per heavy atom. The maximum Gasteiger partial charge on any atom is 0.253 e. The molecule has 104 valence electrons. The summed E-state index contributed by atoms with van der Waals surface area (Å²) in [5.41, 5.74) is 6.64.